The molecular formula is C42H64O18. The maximum atomic E-state index is 12.0. The Morgan fingerprint density at radius 3 is 2.15 bits per heavy atom. The number of methoxy groups -OCH3 is 1. The van der Waals surface area contributed by atoms with Crippen molar-refractivity contribution in [2.24, 2.45) is 28.6 Å². The molecule has 0 radical (unpaired) electrons. The van der Waals surface area contributed by atoms with Gasteiger partial charge < -0.3 is 83.5 Å². The van der Waals surface area contributed by atoms with Gasteiger partial charge in [0, 0.05) is 18.6 Å². The van der Waals surface area contributed by atoms with E-state index in [-0.39, 0.29) is 34.1 Å². The second-order valence-corrected chi connectivity index (χ2v) is 19.6. The minimum atomic E-state index is -1.76. The van der Waals surface area contributed by atoms with Crippen LogP contribution in [0.3, 0.4) is 0 Å². The summed E-state index contributed by atoms with van der Waals surface area (Å²) in [4.78, 5) is 12.0. The Bertz CT molecular complexity index is 1630. The molecule has 4 saturated carbocycles. The first-order chi connectivity index (χ1) is 28.5. The van der Waals surface area contributed by atoms with E-state index in [1.807, 2.05) is 0 Å². The Morgan fingerprint density at radius 1 is 0.750 bits per heavy atom. The highest BCUT2D eigenvalue weighted by Crippen LogP contribution is 2.81. The fourth-order valence-electron chi connectivity index (χ4n) is 13.5. The van der Waals surface area contributed by atoms with E-state index in [2.05, 4.69) is 13.8 Å². The molecule has 18 heteroatoms. The molecule has 0 bridgehead atoms. The molecule has 8 fully saturated rings. The molecule has 0 unspecified atom stereocenters. The van der Waals surface area contributed by atoms with Gasteiger partial charge in [0.25, 0.3) is 0 Å². The largest absolute Gasteiger partial charge is 0.458 e. The van der Waals surface area contributed by atoms with Crippen LogP contribution >= 0.6 is 0 Å². The van der Waals surface area contributed by atoms with E-state index in [4.69, 9.17) is 42.6 Å². The van der Waals surface area contributed by atoms with Gasteiger partial charge in [-0.2, -0.15) is 0 Å². The monoisotopic (exact) mass is 856 g/mol. The molecule has 9 rings (SSSR count). The van der Waals surface area contributed by atoms with Crippen LogP contribution in [0.4, 0.5) is 0 Å². The van der Waals surface area contributed by atoms with Crippen molar-refractivity contribution < 1.29 is 88.3 Å². The molecule has 9 aliphatic rings. The number of fused-ring (bicyclic) bond motifs is 2. The lowest BCUT2D eigenvalue weighted by Gasteiger charge is -2.58. The average molecular weight is 857 g/mol. The van der Waals surface area contributed by atoms with Crippen LogP contribution in [0, 0.1) is 28.6 Å². The van der Waals surface area contributed by atoms with E-state index in [9.17, 15) is 45.6 Å². The number of hydrogen-bond acceptors (Lipinski definition) is 18. The third-order valence-corrected chi connectivity index (χ3v) is 16.8. The highest BCUT2D eigenvalue weighted by molar-refractivity contribution is 5.85. The Kier molecular flexibility index (Phi) is 11.6. The maximum absolute atomic E-state index is 12.0. The normalized spacial score (nSPS) is 56.2. The Labute approximate surface area is 348 Å². The molecule has 23 atom stereocenters. The zero-order chi connectivity index (χ0) is 42.7. The van der Waals surface area contributed by atoms with Crippen LogP contribution in [-0.4, -0.2) is 183 Å². The first-order valence-corrected chi connectivity index (χ1v) is 21.9. The third kappa shape index (κ3) is 6.61. The third-order valence-electron chi connectivity index (χ3n) is 16.8. The standard InChI is InChI=1S/C42H64O18/c1-18-34(59-37-32(50)30(48)28(46)24(58-37)17-54-36-31(49)29(47)27(45)23(15-43)57-36)35(52-4)33(51)38(55-18)56-21-6-9-39(2)20(14-21)5-11-41-25(39)8-10-40(3)22(7-12-42(40,41)60-41)19-13-26(44)53-16-19/h13,18,20-25,27-38,43,45-51H,5-12,14-17H2,1-4H3/t18-,20-,21+,22-,23-,24-,25-,27-,28-,29+,30+,31-,32-,33-,34+,35-,36-,37+,38+,39+,40-,41+,42-/m1/s1. The summed E-state index contributed by atoms with van der Waals surface area (Å²) in [6.07, 6.45) is -10.7. The zero-order valence-corrected chi connectivity index (χ0v) is 34.7. The molecule has 0 amide bonds. The first kappa shape index (κ1) is 43.8. The lowest BCUT2D eigenvalue weighted by molar-refractivity contribution is -0.367. The van der Waals surface area contributed by atoms with Crippen LogP contribution in [0.25, 0.3) is 0 Å². The second kappa shape index (κ2) is 15.9. The zero-order valence-electron chi connectivity index (χ0n) is 34.7. The average Bonchev–Trinajstić information content (AvgIpc) is 3.54. The van der Waals surface area contributed by atoms with E-state index < -0.39 is 105 Å². The molecule has 340 valence electrons. The summed E-state index contributed by atoms with van der Waals surface area (Å²) in [7, 11) is 1.41. The van der Waals surface area contributed by atoms with Crippen molar-refractivity contribution in [2.45, 2.75) is 188 Å². The Balaban J connectivity index is 0.812. The van der Waals surface area contributed by atoms with E-state index in [1.54, 1.807) is 13.0 Å². The second-order valence-electron chi connectivity index (χ2n) is 19.6. The SMILES string of the molecule is CO[C@@H]1[C@@H](O)[C@H](O[C@H]2CC[C@@]3(C)[C@H](CC[C@@]45O[C@@]46CC[C@H](C4=CC(=O)OC4)[C@@]6(C)CC[C@H]35)C2)O[C@H](C)[C@@H]1O[C@@H]1O[C@H](CO[C@@H]2O[C@H](CO)[C@@H](O)[C@H](O)[C@H]2O)[C@@H](O)[C@H](O)[C@H]1O. The van der Waals surface area contributed by atoms with Crippen LogP contribution in [0.2, 0.25) is 0 Å². The molecule has 5 heterocycles. The maximum Gasteiger partial charge on any atom is 0.331 e. The summed E-state index contributed by atoms with van der Waals surface area (Å²) >= 11 is 0. The van der Waals surface area contributed by atoms with Crippen molar-refractivity contribution in [1.29, 1.82) is 0 Å². The van der Waals surface area contributed by atoms with Gasteiger partial charge in [-0.15, -0.1) is 0 Å². The number of hydrogen-bond donors (Lipinski definition) is 8. The summed E-state index contributed by atoms with van der Waals surface area (Å²) in [5.74, 6) is 0.889. The molecule has 0 aromatic rings. The van der Waals surface area contributed by atoms with Crippen LogP contribution in [0.5, 0.6) is 0 Å². The highest BCUT2D eigenvalue weighted by atomic mass is 16.8. The van der Waals surface area contributed by atoms with Gasteiger partial charge in [-0.3, -0.25) is 0 Å². The summed E-state index contributed by atoms with van der Waals surface area (Å²) in [5, 5.41) is 84.1. The van der Waals surface area contributed by atoms with E-state index in [1.165, 1.54) is 7.11 Å². The number of aliphatic hydroxyl groups excluding tert-OH is 8. The van der Waals surface area contributed by atoms with Crippen LogP contribution < -0.4 is 0 Å². The minimum absolute atomic E-state index is 0.0207. The summed E-state index contributed by atoms with van der Waals surface area (Å²) < 4.78 is 53.9. The lowest BCUT2D eigenvalue weighted by Crippen LogP contribution is -2.65. The van der Waals surface area contributed by atoms with Gasteiger partial charge in [0.2, 0.25) is 0 Å². The van der Waals surface area contributed by atoms with Crippen molar-refractivity contribution in [1.82, 2.24) is 0 Å². The van der Waals surface area contributed by atoms with Gasteiger partial charge in [-0.05, 0) is 93.5 Å². The molecule has 0 aromatic heterocycles. The quantitative estimate of drug-likeness (QED) is 0.0738. The van der Waals surface area contributed by atoms with E-state index in [0.29, 0.717) is 24.4 Å². The van der Waals surface area contributed by atoms with Gasteiger partial charge in [0.05, 0.1) is 25.4 Å². The van der Waals surface area contributed by atoms with Gasteiger partial charge in [-0.1, -0.05) is 13.8 Å². The molecule has 4 aliphatic carbocycles. The smallest absolute Gasteiger partial charge is 0.331 e. The number of aliphatic hydroxyl groups is 8. The molecule has 4 saturated heterocycles. The number of carbonyl (C=O) groups excluding carboxylic acids is 1. The van der Waals surface area contributed by atoms with Gasteiger partial charge >= 0.3 is 5.97 Å². The van der Waals surface area contributed by atoms with Crippen molar-refractivity contribution in [3.05, 3.63) is 11.6 Å². The fraction of sp³-hybridized carbons (Fsp3) is 0.929. The van der Waals surface area contributed by atoms with Crippen molar-refractivity contribution in [2.75, 3.05) is 26.9 Å². The van der Waals surface area contributed by atoms with Crippen LogP contribution in [0.15, 0.2) is 11.6 Å². The van der Waals surface area contributed by atoms with Gasteiger partial charge in [0.15, 0.2) is 18.9 Å². The highest BCUT2D eigenvalue weighted by Gasteiger charge is 2.86. The molecule has 8 N–H and O–H groups in total. The summed E-state index contributed by atoms with van der Waals surface area (Å²) in [5.41, 5.74) is 0.869. The van der Waals surface area contributed by atoms with E-state index in [0.717, 1.165) is 63.4 Å². The van der Waals surface area contributed by atoms with Crippen LogP contribution in [0.1, 0.15) is 78.6 Å². The summed E-state index contributed by atoms with van der Waals surface area (Å²) in [6.45, 7) is 5.74. The molecule has 60 heavy (non-hydrogen) atoms. The Morgan fingerprint density at radius 2 is 1.45 bits per heavy atom. The number of epoxide rings is 1. The molecule has 0 aromatic carbocycles. The number of ether oxygens (including phenoxy) is 9. The first-order valence-electron chi connectivity index (χ1n) is 21.9. The van der Waals surface area contributed by atoms with Crippen molar-refractivity contribution >= 4 is 5.97 Å². The number of esters is 1. The van der Waals surface area contributed by atoms with Gasteiger partial charge in [-0.25, -0.2) is 4.79 Å². The fourth-order valence-corrected chi connectivity index (χ4v) is 13.5. The van der Waals surface area contributed by atoms with Crippen LogP contribution in [-0.2, 0) is 47.4 Å². The molecular weight excluding hydrogens is 792 g/mol. The number of rotatable bonds is 10. The number of cyclic esters (lactones) is 1. The molecule has 2 spiro atoms. The molecule has 5 aliphatic heterocycles. The molecule has 18 nitrogen and oxygen atoms in total. The van der Waals surface area contributed by atoms with Crippen molar-refractivity contribution in [3.63, 3.8) is 0 Å². The Hall–Kier alpha value is -1.43. The van der Waals surface area contributed by atoms with Gasteiger partial charge in [0.1, 0.15) is 85.0 Å². The number of carbonyl (C=O) groups is 1. The lowest BCUT2D eigenvalue weighted by atomic mass is 9.44. The van der Waals surface area contributed by atoms with Crippen molar-refractivity contribution in [3.8, 4) is 0 Å². The predicted octanol–water partition coefficient (Wildman–Crippen LogP) is -1.08. The van der Waals surface area contributed by atoms with E-state index >= 15 is 0 Å². The topological polar surface area (TPSA) is 265 Å². The predicted molar refractivity (Wildman–Crippen MR) is 201 cm³/mol. The minimum Gasteiger partial charge on any atom is -0.458 e. The summed E-state index contributed by atoms with van der Waals surface area (Å²) in [6, 6.07) is 0.